The lowest BCUT2D eigenvalue weighted by Gasteiger charge is -2.08. The Kier molecular flexibility index (Phi) is 4.56. The van der Waals surface area contributed by atoms with E-state index in [2.05, 4.69) is 52.8 Å². The molecule has 90 valence electrons. The van der Waals surface area contributed by atoms with Gasteiger partial charge in [0.05, 0.1) is 0 Å². The minimum absolute atomic E-state index is 1.04. The summed E-state index contributed by atoms with van der Waals surface area (Å²) in [5.74, 6) is 1.21. The topological polar surface area (TPSA) is 17.0 Å². The first kappa shape index (κ1) is 12.1. The molecule has 0 bridgehead atoms. The minimum atomic E-state index is 1.04. The first-order chi connectivity index (χ1) is 8.40. The zero-order valence-corrected chi connectivity index (χ0v) is 10.9. The molecule has 0 spiro atoms. The molecule has 0 radical (unpaired) electrons. The molecular formula is C14H18N2S. The van der Waals surface area contributed by atoms with Crippen molar-refractivity contribution in [3.63, 3.8) is 0 Å². The van der Waals surface area contributed by atoms with Crippen molar-refractivity contribution in [1.82, 2.24) is 4.57 Å². The molecule has 2 nitrogen and oxygen atoms in total. The molecule has 0 saturated carbocycles. The molecule has 0 aliphatic heterocycles. The molecule has 0 fully saturated rings. The summed E-state index contributed by atoms with van der Waals surface area (Å²) in [6, 6.07) is 12.6. The van der Waals surface area contributed by atoms with Gasteiger partial charge in [-0.3, -0.25) is 0 Å². The average molecular weight is 246 g/mol. The quantitative estimate of drug-likeness (QED) is 0.784. The number of hydrogen-bond acceptors (Lipinski definition) is 2. The molecular weight excluding hydrogens is 228 g/mol. The largest absolute Gasteiger partial charge is 0.385 e. The van der Waals surface area contributed by atoms with Gasteiger partial charge in [-0.2, -0.15) is 11.8 Å². The molecule has 0 aliphatic rings. The Hall–Kier alpha value is -1.35. The van der Waals surface area contributed by atoms with Crippen molar-refractivity contribution < 1.29 is 0 Å². The van der Waals surface area contributed by atoms with Gasteiger partial charge in [0.2, 0.25) is 0 Å². The Morgan fingerprint density at radius 2 is 2.00 bits per heavy atom. The standard InChI is InChI=1S/C14H18N2S/c1-17-11-5-8-15-13-6-4-7-14(12-13)16-9-2-3-10-16/h2-4,6-7,9-10,12,15H,5,8,11H2,1H3. The number of aromatic nitrogens is 1. The summed E-state index contributed by atoms with van der Waals surface area (Å²) in [7, 11) is 0. The molecule has 1 aromatic carbocycles. The Morgan fingerprint density at radius 1 is 1.18 bits per heavy atom. The zero-order chi connectivity index (χ0) is 11.9. The lowest BCUT2D eigenvalue weighted by atomic mass is 10.2. The van der Waals surface area contributed by atoms with E-state index in [1.54, 1.807) is 0 Å². The van der Waals surface area contributed by atoms with Crippen LogP contribution in [0.25, 0.3) is 5.69 Å². The number of hydrogen-bond donors (Lipinski definition) is 1. The van der Waals surface area contributed by atoms with Gasteiger partial charge in [0, 0.05) is 30.3 Å². The molecule has 0 aliphatic carbocycles. The summed E-state index contributed by atoms with van der Waals surface area (Å²) in [6.45, 7) is 1.04. The first-order valence-corrected chi connectivity index (χ1v) is 7.26. The molecule has 1 heterocycles. The number of rotatable bonds is 6. The highest BCUT2D eigenvalue weighted by molar-refractivity contribution is 7.98. The van der Waals surface area contributed by atoms with Gasteiger partial charge in [-0.25, -0.2) is 0 Å². The highest BCUT2D eigenvalue weighted by atomic mass is 32.2. The van der Waals surface area contributed by atoms with Crippen LogP contribution in [0.5, 0.6) is 0 Å². The molecule has 17 heavy (non-hydrogen) atoms. The molecule has 0 saturated heterocycles. The number of anilines is 1. The smallest absolute Gasteiger partial charge is 0.0469 e. The lowest BCUT2D eigenvalue weighted by molar-refractivity contribution is 0.991. The third kappa shape index (κ3) is 3.56. The van der Waals surface area contributed by atoms with Crippen molar-refractivity contribution in [2.45, 2.75) is 6.42 Å². The maximum Gasteiger partial charge on any atom is 0.0469 e. The summed E-state index contributed by atoms with van der Waals surface area (Å²) in [6.07, 6.45) is 7.47. The van der Waals surface area contributed by atoms with Crippen LogP contribution in [0.2, 0.25) is 0 Å². The summed E-state index contributed by atoms with van der Waals surface area (Å²) in [5.41, 5.74) is 2.39. The Balaban J connectivity index is 1.97. The van der Waals surface area contributed by atoms with Gasteiger partial charge in [-0.1, -0.05) is 6.07 Å². The second kappa shape index (κ2) is 6.40. The van der Waals surface area contributed by atoms with Gasteiger partial charge in [-0.15, -0.1) is 0 Å². The van der Waals surface area contributed by atoms with E-state index in [9.17, 15) is 0 Å². The van der Waals surface area contributed by atoms with Crippen LogP contribution >= 0.6 is 11.8 Å². The Labute approximate surface area is 107 Å². The van der Waals surface area contributed by atoms with Gasteiger partial charge < -0.3 is 9.88 Å². The van der Waals surface area contributed by atoms with Crippen LogP contribution in [0.3, 0.4) is 0 Å². The van der Waals surface area contributed by atoms with Crippen LogP contribution in [0.4, 0.5) is 5.69 Å². The van der Waals surface area contributed by atoms with Crippen molar-refractivity contribution in [2.75, 3.05) is 23.9 Å². The van der Waals surface area contributed by atoms with Crippen LogP contribution < -0.4 is 5.32 Å². The van der Waals surface area contributed by atoms with E-state index in [-0.39, 0.29) is 0 Å². The van der Waals surface area contributed by atoms with E-state index in [1.807, 2.05) is 23.9 Å². The molecule has 0 amide bonds. The molecule has 0 unspecified atom stereocenters. The summed E-state index contributed by atoms with van der Waals surface area (Å²) in [5, 5.41) is 3.46. The fourth-order valence-corrected chi connectivity index (χ4v) is 2.17. The first-order valence-electron chi connectivity index (χ1n) is 5.86. The van der Waals surface area contributed by atoms with Crippen LogP contribution in [0.1, 0.15) is 6.42 Å². The number of nitrogens with zero attached hydrogens (tertiary/aromatic N) is 1. The molecule has 3 heteroatoms. The lowest BCUT2D eigenvalue weighted by Crippen LogP contribution is -2.03. The van der Waals surface area contributed by atoms with E-state index >= 15 is 0 Å². The van der Waals surface area contributed by atoms with Crippen molar-refractivity contribution >= 4 is 17.4 Å². The fraction of sp³-hybridized carbons (Fsp3) is 0.286. The molecule has 1 N–H and O–H groups in total. The summed E-state index contributed by atoms with van der Waals surface area (Å²) >= 11 is 1.89. The van der Waals surface area contributed by atoms with Crippen LogP contribution in [0, 0.1) is 0 Å². The van der Waals surface area contributed by atoms with Gasteiger partial charge >= 0.3 is 0 Å². The number of nitrogens with one attached hydrogen (secondary N) is 1. The Morgan fingerprint density at radius 3 is 2.76 bits per heavy atom. The monoisotopic (exact) mass is 246 g/mol. The maximum atomic E-state index is 3.46. The van der Waals surface area contributed by atoms with Gasteiger partial charge in [0.1, 0.15) is 0 Å². The van der Waals surface area contributed by atoms with Gasteiger partial charge in [-0.05, 0) is 48.8 Å². The van der Waals surface area contributed by atoms with E-state index < -0.39 is 0 Å². The minimum Gasteiger partial charge on any atom is -0.385 e. The SMILES string of the molecule is CSCCCNc1cccc(-n2cccc2)c1. The normalized spacial score (nSPS) is 10.4. The van der Waals surface area contributed by atoms with Crippen LogP contribution in [-0.4, -0.2) is 23.1 Å². The zero-order valence-electron chi connectivity index (χ0n) is 10.1. The van der Waals surface area contributed by atoms with Gasteiger partial charge in [0.15, 0.2) is 0 Å². The molecule has 2 rings (SSSR count). The predicted molar refractivity (Wildman–Crippen MR) is 77.3 cm³/mol. The van der Waals surface area contributed by atoms with Crippen LogP contribution in [0.15, 0.2) is 48.8 Å². The number of thioether (sulfide) groups is 1. The second-order valence-corrected chi connectivity index (χ2v) is 4.90. The summed E-state index contributed by atoms with van der Waals surface area (Å²) in [4.78, 5) is 0. The fourth-order valence-electron chi connectivity index (χ4n) is 1.73. The molecule has 1 aromatic heterocycles. The van der Waals surface area contributed by atoms with E-state index in [0.717, 1.165) is 6.54 Å². The van der Waals surface area contributed by atoms with E-state index in [0.29, 0.717) is 0 Å². The van der Waals surface area contributed by atoms with Crippen molar-refractivity contribution in [3.8, 4) is 5.69 Å². The van der Waals surface area contributed by atoms with Crippen LogP contribution in [-0.2, 0) is 0 Å². The van der Waals surface area contributed by atoms with Crippen molar-refractivity contribution in [1.29, 1.82) is 0 Å². The highest BCUT2D eigenvalue weighted by Crippen LogP contribution is 2.14. The van der Waals surface area contributed by atoms with Crippen molar-refractivity contribution in [3.05, 3.63) is 48.8 Å². The third-order valence-electron chi connectivity index (χ3n) is 2.60. The average Bonchev–Trinajstić information content (AvgIpc) is 2.89. The van der Waals surface area contributed by atoms with Crippen molar-refractivity contribution in [2.24, 2.45) is 0 Å². The third-order valence-corrected chi connectivity index (χ3v) is 3.30. The molecule has 2 aromatic rings. The Bertz CT molecular complexity index is 437. The van der Waals surface area contributed by atoms with Gasteiger partial charge in [0.25, 0.3) is 0 Å². The summed E-state index contributed by atoms with van der Waals surface area (Å²) < 4.78 is 2.12. The predicted octanol–water partition coefficient (Wildman–Crippen LogP) is 3.64. The van der Waals surface area contributed by atoms with E-state index in [1.165, 1.54) is 23.5 Å². The number of benzene rings is 1. The second-order valence-electron chi connectivity index (χ2n) is 3.91. The highest BCUT2D eigenvalue weighted by Gasteiger charge is 1.96. The molecule has 0 atom stereocenters. The van der Waals surface area contributed by atoms with E-state index in [4.69, 9.17) is 0 Å². The maximum absolute atomic E-state index is 3.46.